The van der Waals surface area contributed by atoms with Gasteiger partial charge in [0.1, 0.15) is 0 Å². The van der Waals surface area contributed by atoms with Gasteiger partial charge in [-0.1, -0.05) is 22.0 Å². The predicted molar refractivity (Wildman–Crippen MR) is 71.1 cm³/mol. The zero-order chi connectivity index (χ0) is 13.5. The molecule has 1 aromatic carbocycles. The van der Waals surface area contributed by atoms with Gasteiger partial charge in [-0.2, -0.15) is 0 Å². The molecule has 5 heteroatoms. The molecule has 0 atom stereocenters. The van der Waals surface area contributed by atoms with Gasteiger partial charge in [0.15, 0.2) is 0 Å². The molecule has 0 aromatic heterocycles. The molecule has 0 unspecified atom stereocenters. The first-order valence-corrected chi connectivity index (χ1v) is 6.10. The summed E-state index contributed by atoms with van der Waals surface area (Å²) in [5.74, 6) is -0.807. The maximum Gasteiger partial charge on any atom is 0.337 e. The maximum atomic E-state index is 11.3. The molecule has 1 rings (SSSR count). The highest BCUT2D eigenvalue weighted by Crippen LogP contribution is 2.20. The van der Waals surface area contributed by atoms with Crippen molar-refractivity contribution in [2.24, 2.45) is 0 Å². The summed E-state index contributed by atoms with van der Waals surface area (Å²) in [6.07, 6.45) is 2.95. The minimum Gasteiger partial charge on any atom is -0.465 e. The van der Waals surface area contributed by atoms with E-state index in [1.54, 1.807) is 31.2 Å². The summed E-state index contributed by atoms with van der Waals surface area (Å²) in [6, 6.07) is 4.98. The van der Waals surface area contributed by atoms with E-state index in [-0.39, 0.29) is 0 Å². The Hall–Kier alpha value is -1.62. The first kappa shape index (κ1) is 14.4. The summed E-state index contributed by atoms with van der Waals surface area (Å²) < 4.78 is 10.1. The van der Waals surface area contributed by atoms with E-state index in [1.165, 1.54) is 13.2 Å². The number of esters is 2. The molecular formula is C13H13BrO4. The van der Waals surface area contributed by atoms with E-state index in [9.17, 15) is 9.59 Å². The number of hydrogen-bond acceptors (Lipinski definition) is 4. The average molecular weight is 313 g/mol. The normalized spacial score (nSPS) is 10.4. The third-order valence-electron chi connectivity index (χ3n) is 2.11. The van der Waals surface area contributed by atoms with Crippen LogP contribution in [0.25, 0.3) is 6.08 Å². The molecule has 0 amide bonds. The number of rotatable bonds is 4. The fourth-order valence-electron chi connectivity index (χ4n) is 1.26. The summed E-state index contributed by atoms with van der Waals surface area (Å²) >= 11 is 3.32. The topological polar surface area (TPSA) is 52.6 Å². The fourth-order valence-corrected chi connectivity index (χ4v) is 1.77. The molecule has 0 aliphatic carbocycles. The Morgan fingerprint density at radius 2 is 2.11 bits per heavy atom. The van der Waals surface area contributed by atoms with Crippen molar-refractivity contribution in [3.63, 3.8) is 0 Å². The van der Waals surface area contributed by atoms with Crippen molar-refractivity contribution >= 4 is 33.9 Å². The Morgan fingerprint density at radius 1 is 1.39 bits per heavy atom. The molecule has 96 valence electrons. The molecule has 0 radical (unpaired) electrons. The molecule has 1 aromatic rings. The molecule has 0 saturated carbocycles. The van der Waals surface area contributed by atoms with Gasteiger partial charge >= 0.3 is 11.9 Å². The lowest BCUT2D eigenvalue weighted by molar-refractivity contribution is -0.137. The first-order chi connectivity index (χ1) is 8.58. The van der Waals surface area contributed by atoms with Crippen LogP contribution in [0.3, 0.4) is 0 Å². The van der Waals surface area contributed by atoms with Crippen LogP contribution in [0.5, 0.6) is 0 Å². The van der Waals surface area contributed by atoms with Crippen LogP contribution in [0.1, 0.15) is 22.8 Å². The second-order valence-electron chi connectivity index (χ2n) is 3.31. The van der Waals surface area contributed by atoms with E-state index in [1.807, 2.05) is 0 Å². The van der Waals surface area contributed by atoms with Crippen molar-refractivity contribution in [2.45, 2.75) is 6.92 Å². The lowest BCUT2D eigenvalue weighted by Gasteiger charge is -2.02. The van der Waals surface area contributed by atoms with Gasteiger partial charge in [-0.25, -0.2) is 9.59 Å². The van der Waals surface area contributed by atoms with Crippen molar-refractivity contribution in [3.05, 3.63) is 39.9 Å². The highest BCUT2D eigenvalue weighted by Gasteiger charge is 2.07. The number of halogens is 1. The van der Waals surface area contributed by atoms with E-state index in [0.29, 0.717) is 16.6 Å². The number of ether oxygens (including phenoxy) is 2. The van der Waals surface area contributed by atoms with Crippen LogP contribution in [0.15, 0.2) is 28.7 Å². The number of carbonyl (C=O) groups excluding carboxylic acids is 2. The summed E-state index contributed by atoms with van der Waals surface area (Å²) in [7, 11) is 1.32. The number of hydrogen-bond donors (Lipinski definition) is 0. The van der Waals surface area contributed by atoms with Gasteiger partial charge in [-0.15, -0.1) is 0 Å². The highest BCUT2D eigenvalue weighted by atomic mass is 79.9. The maximum absolute atomic E-state index is 11.3. The SMILES string of the molecule is CCOC(=O)C=Cc1ccc(C(=O)OC)cc1Br. The van der Waals surface area contributed by atoms with Crippen molar-refractivity contribution in [3.8, 4) is 0 Å². The van der Waals surface area contributed by atoms with Crippen LogP contribution in [0.4, 0.5) is 0 Å². The van der Waals surface area contributed by atoms with Crippen LogP contribution in [0.2, 0.25) is 0 Å². The van der Waals surface area contributed by atoms with E-state index in [2.05, 4.69) is 20.7 Å². The minimum absolute atomic E-state index is 0.339. The lowest BCUT2D eigenvalue weighted by Crippen LogP contribution is -2.01. The Balaban J connectivity index is 2.86. The zero-order valence-electron chi connectivity index (χ0n) is 10.1. The molecule has 0 fully saturated rings. The number of carbonyl (C=O) groups is 2. The quantitative estimate of drug-likeness (QED) is 0.633. The third-order valence-corrected chi connectivity index (χ3v) is 2.79. The summed E-state index contributed by atoms with van der Waals surface area (Å²) in [5, 5.41) is 0. The Labute approximate surface area is 114 Å². The number of methoxy groups -OCH3 is 1. The Morgan fingerprint density at radius 3 is 2.67 bits per heavy atom. The standard InChI is InChI=1S/C13H13BrO4/c1-3-18-12(15)7-6-9-4-5-10(8-11(9)14)13(16)17-2/h4-8H,3H2,1-2H3. The van der Waals surface area contributed by atoms with Crippen LogP contribution < -0.4 is 0 Å². The van der Waals surface area contributed by atoms with Gasteiger partial charge in [0.05, 0.1) is 19.3 Å². The van der Waals surface area contributed by atoms with E-state index in [4.69, 9.17) is 4.74 Å². The molecule has 18 heavy (non-hydrogen) atoms. The highest BCUT2D eigenvalue weighted by molar-refractivity contribution is 9.10. The van der Waals surface area contributed by atoms with Gasteiger partial charge in [0.2, 0.25) is 0 Å². The van der Waals surface area contributed by atoms with E-state index >= 15 is 0 Å². The molecule has 0 heterocycles. The average Bonchev–Trinajstić information content (AvgIpc) is 2.36. The first-order valence-electron chi connectivity index (χ1n) is 5.31. The van der Waals surface area contributed by atoms with Crippen LogP contribution in [-0.2, 0) is 14.3 Å². The third kappa shape index (κ3) is 4.00. The predicted octanol–water partition coefficient (Wildman–Crippen LogP) is 2.81. The van der Waals surface area contributed by atoms with Crippen molar-refractivity contribution < 1.29 is 19.1 Å². The molecule has 0 bridgehead atoms. The molecule has 0 saturated heterocycles. The summed E-state index contributed by atoms with van der Waals surface area (Å²) in [6.45, 7) is 2.08. The van der Waals surface area contributed by atoms with Gasteiger partial charge in [0.25, 0.3) is 0 Å². The Kier molecular flexibility index (Phi) is 5.58. The summed E-state index contributed by atoms with van der Waals surface area (Å²) in [4.78, 5) is 22.4. The molecular weight excluding hydrogens is 300 g/mol. The van der Waals surface area contributed by atoms with Crippen molar-refractivity contribution in [1.82, 2.24) is 0 Å². The van der Waals surface area contributed by atoms with Gasteiger partial charge < -0.3 is 9.47 Å². The molecule has 0 aliphatic heterocycles. The van der Waals surface area contributed by atoms with Crippen LogP contribution in [-0.4, -0.2) is 25.7 Å². The minimum atomic E-state index is -0.406. The molecule has 0 aliphatic rings. The largest absolute Gasteiger partial charge is 0.465 e. The van der Waals surface area contributed by atoms with Gasteiger partial charge in [-0.3, -0.25) is 0 Å². The summed E-state index contributed by atoms with van der Waals surface area (Å²) in [5.41, 5.74) is 1.22. The van der Waals surface area contributed by atoms with E-state index < -0.39 is 11.9 Å². The fraction of sp³-hybridized carbons (Fsp3) is 0.231. The molecule has 0 N–H and O–H groups in total. The van der Waals surface area contributed by atoms with E-state index in [0.717, 1.165) is 5.56 Å². The second-order valence-corrected chi connectivity index (χ2v) is 4.17. The van der Waals surface area contributed by atoms with Gasteiger partial charge in [0, 0.05) is 10.5 Å². The molecule has 4 nitrogen and oxygen atoms in total. The Bertz CT molecular complexity index is 480. The smallest absolute Gasteiger partial charge is 0.337 e. The van der Waals surface area contributed by atoms with Gasteiger partial charge in [-0.05, 0) is 30.7 Å². The van der Waals surface area contributed by atoms with Crippen LogP contribution in [0, 0.1) is 0 Å². The zero-order valence-corrected chi connectivity index (χ0v) is 11.7. The monoisotopic (exact) mass is 312 g/mol. The van der Waals surface area contributed by atoms with Crippen molar-refractivity contribution in [1.29, 1.82) is 0 Å². The van der Waals surface area contributed by atoms with Crippen molar-refractivity contribution in [2.75, 3.05) is 13.7 Å². The second kappa shape index (κ2) is 6.96. The number of benzene rings is 1. The van der Waals surface area contributed by atoms with Crippen LogP contribution >= 0.6 is 15.9 Å². The molecule has 0 spiro atoms. The lowest BCUT2D eigenvalue weighted by atomic mass is 10.1.